The van der Waals surface area contributed by atoms with E-state index in [0.717, 1.165) is 18.4 Å². The zero-order valence-electron chi connectivity index (χ0n) is 13.7. The van der Waals surface area contributed by atoms with Crippen molar-refractivity contribution in [2.45, 2.75) is 23.3 Å². The van der Waals surface area contributed by atoms with E-state index in [1.165, 1.54) is 23.5 Å². The van der Waals surface area contributed by atoms with Gasteiger partial charge in [-0.25, -0.2) is 0 Å². The summed E-state index contributed by atoms with van der Waals surface area (Å²) in [6, 6.07) is 20.3. The highest BCUT2D eigenvalue weighted by Crippen LogP contribution is 2.53. The fraction of sp³-hybridized carbons (Fsp3) is 0.286. The van der Waals surface area contributed by atoms with Gasteiger partial charge in [-0.05, 0) is 42.4 Å². The van der Waals surface area contributed by atoms with E-state index in [-0.39, 0.29) is 9.86 Å². The van der Waals surface area contributed by atoms with E-state index in [9.17, 15) is 4.79 Å². The Bertz CT molecular complexity index is 673. The van der Waals surface area contributed by atoms with Gasteiger partial charge >= 0.3 is 0 Å². The van der Waals surface area contributed by atoms with Crippen molar-refractivity contribution in [3.63, 3.8) is 0 Å². The predicted octanol–water partition coefficient (Wildman–Crippen LogP) is 5.93. The Hall–Kier alpha value is -1.45. The van der Waals surface area contributed by atoms with E-state index in [4.69, 9.17) is 0 Å². The number of thioether (sulfide) groups is 2. The van der Waals surface area contributed by atoms with Crippen molar-refractivity contribution < 1.29 is 4.79 Å². The van der Waals surface area contributed by atoms with Crippen LogP contribution in [0, 0.1) is 0 Å². The maximum absolute atomic E-state index is 12.1. The molecule has 0 aromatic heterocycles. The number of ketones is 1. The first-order valence-corrected chi connectivity index (χ1v) is 10.4. The molecular formula is C21H22OS2. The Labute approximate surface area is 152 Å². The lowest BCUT2D eigenvalue weighted by Crippen LogP contribution is -2.22. The standard InChI is InChI=1S/C21H22OS2/c22-20(18-10-3-1-4-11-18)14-7-8-15-21(23-16-9-17-24-21)19-12-5-2-6-13-19/h1-7,10-14H,8-9,15-17H2/b14-7+. The van der Waals surface area contributed by atoms with Gasteiger partial charge < -0.3 is 0 Å². The highest BCUT2D eigenvalue weighted by atomic mass is 32.2. The zero-order valence-corrected chi connectivity index (χ0v) is 15.3. The van der Waals surface area contributed by atoms with Crippen molar-refractivity contribution >= 4 is 29.3 Å². The molecule has 24 heavy (non-hydrogen) atoms. The molecule has 0 N–H and O–H groups in total. The van der Waals surface area contributed by atoms with Gasteiger partial charge in [-0.3, -0.25) is 4.79 Å². The molecule has 1 heterocycles. The molecule has 124 valence electrons. The fourth-order valence-corrected chi connectivity index (χ4v) is 6.27. The van der Waals surface area contributed by atoms with Crippen molar-refractivity contribution in [3.05, 3.63) is 83.9 Å². The molecule has 0 spiro atoms. The number of rotatable bonds is 6. The van der Waals surface area contributed by atoms with E-state index >= 15 is 0 Å². The molecule has 3 rings (SSSR count). The summed E-state index contributed by atoms with van der Waals surface area (Å²) in [6.45, 7) is 0. The van der Waals surface area contributed by atoms with E-state index in [0.29, 0.717) is 0 Å². The number of hydrogen-bond donors (Lipinski definition) is 0. The van der Waals surface area contributed by atoms with E-state index in [1.54, 1.807) is 6.08 Å². The monoisotopic (exact) mass is 354 g/mol. The van der Waals surface area contributed by atoms with Gasteiger partial charge in [0.1, 0.15) is 0 Å². The summed E-state index contributed by atoms with van der Waals surface area (Å²) >= 11 is 4.13. The summed E-state index contributed by atoms with van der Waals surface area (Å²) in [6.07, 6.45) is 7.03. The molecule has 0 bridgehead atoms. The van der Waals surface area contributed by atoms with Crippen LogP contribution in [0.25, 0.3) is 0 Å². The third-order valence-electron chi connectivity index (χ3n) is 4.14. The molecule has 1 saturated heterocycles. The summed E-state index contributed by atoms with van der Waals surface area (Å²) in [7, 11) is 0. The van der Waals surface area contributed by atoms with Crippen LogP contribution in [0.15, 0.2) is 72.8 Å². The van der Waals surface area contributed by atoms with Crippen LogP contribution in [0.5, 0.6) is 0 Å². The third-order valence-corrected chi connectivity index (χ3v) is 7.65. The topological polar surface area (TPSA) is 17.1 Å². The predicted molar refractivity (Wildman–Crippen MR) is 107 cm³/mol. The average Bonchev–Trinajstić information content (AvgIpc) is 2.67. The summed E-state index contributed by atoms with van der Waals surface area (Å²) < 4.78 is 0.139. The van der Waals surface area contributed by atoms with Crippen molar-refractivity contribution in [3.8, 4) is 0 Å². The Balaban J connectivity index is 1.64. The van der Waals surface area contributed by atoms with Gasteiger partial charge in [0.25, 0.3) is 0 Å². The van der Waals surface area contributed by atoms with Gasteiger partial charge in [0, 0.05) is 5.56 Å². The highest BCUT2D eigenvalue weighted by Gasteiger charge is 2.34. The average molecular weight is 355 g/mol. The summed E-state index contributed by atoms with van der Waals surface area (Å²) in [5.41, 5.74) is 2.16. The lowest BCUT2D eigenvalue weighted by Gasteiger charge is -2.36. The van der Waals surface area contributed by atoms with Gasteiger partial charge in [0.15, 0.2) is 5.78 Å². The molecule has 2 aromatic rings. The second-order valence-electron chi connectivity index (χ2n) is 5.84. The van der Waals surface area contributed by atoms with Crippen LogP contribution in [0.1, 0.15) is 35.2 Å². The number of allylic oxidation sites excluding steroid dienone is 2. The van der Waals surface area contributed by atoms with Crippen LogP contribution < -0.4 is 0 Å². The second kappa shape index (κ2) is 8.59. The minimum atomic E-state index is 0.0910. The van der Waals surface area contributed by atoms with Gasteiger partial charge in [0.2, 0.25) is 0 Å². The van der Waals surface area contributed by atoms with Gasteiger partial charge in [0.05, 0.1) is 4.08 Å². The van der Waals surface area contributed by atoms with Crippen molar-refractivity contribution in [2.24, 2.45) is 0 Å². The molecule has 0 aliphatic carbocycles. The molecular weight excluding hydrogens is 332 g/mol. The fourth-order valence-electron chi connectivity index (χ4n) is 2.88. The highest BCUT2D eigenvalue weighted by molar-refractivity contribution is 8.18. The third kappa shape index (κ3) is 4.34. The number of carbonyl (C=O) groups excluding carboxylic acids is 1. The van der Waals surface area contributed by atoms with Crippen LogP contribution in [-0.4, -0.2) is 17.3 Å². The van der Waals surface area contributed by atoms with E-state index in [1.807, 2.05) is 36.4 Å². The van der Waals surface area contributed by atoms with Crippen LogP contribution in [0.4, 0.5) is 0 Å². The molecule has 1 nitrogen and oxygen atoms in total. The molecule has 0 atom stereocenters. The first kappa shape index (κ1) is 17.4. The SMILES string of the molecule is O=C(/C=C/CCC1(c2ccccc2)SCCCS1)c1ccccc1. The maximum Gasteiger partial charge on any atom is 0.185 e. The minimum Gasteiger partial charge on any atom is -0.289 e. The summed E-state index contributed by atoms with van der Waals surface area (Å²) in [5, 5.41) is 0. The number of hydrogen-bond acceptors (Lipinski definition) is 3. The van der Waals surface area contributed by atoms with Crippen LogP contribution in [-0.2, 0) is 4.08 Å². The Morgan fingerprint density at radius 3 is 2.25 bits per heavy atom. The maximum atomic E-state index is 12.1. The smallest absolute Gasteiger partial charge is 0.185 e. The first-order chi connectivity index (χ1) is 11.8. The molecule has 2 aromatic carbocycles. The summed E-state index contributed by atoms with van der Waals surface area (Å²) in [5.74, 6) is 2.52. The quantitative estimate of drug-likeness (QED) is 0.473. The van der Waals surface area contributed by atoms with Crippen LogP contribution in [0.3, 0.4) is 0 Å². The molecule has 1 aliphatic rings. The van der Waals surface area contributed by atoms with E-state index in [2.05, 4.69) is 53.9 Å². The molecule has 1 aliphatic heterocycles. The molecule has 0 unspecified atom stereocenters. The van der Waals surface area contributed by atoms with Crippen molar-refractivity contribution in [1.82, 2.24) is 0 Å². The second-order valence-corrected chi connectivity index (χ2v) is 8.89. The van der Waals surface area contributed by atoms with Crippen molar-refractivity contribution in [2.75, 3.05) is 11.5 Å². The zero-order chi connectivity index (χ0) is 16.7. The van der Waals surface area contributed by atoms with E-state index < -0.39 is 0 Å². The molecule has 1 fully saturated rings. The normalized spacial score (nSPS) is 17.0. The lowest BCUT2D eigenvalue weighted by molar-refractivity contribution is 0.104. The molecule has 0 amide bonds. The van der Waals surface area contributed by atoms with Crippen LogP contribution in [0.2, 0.25) is 0 Å². The van der Waals surface area contributed by atoms with Crippen LogP contribution >= 0.6 is 23.5 Å². The molecule has 0 radical (unpaired) electrons. The Morgan fingerprint density at radius 2 is 1.58 bits per heavy atom. The van der Waals surface area contributed by atoms with Gasteiger partial charge in [-0.15, -0.1) is 23.5 Å². The largest absolute Gasteiger partial charge is 0.289 e. The van der Waals surface area contributed by atoms with Gasteiger partial charge in [-0.1, -0.05) is 66.7 Å². The van der Waals surface area contributed by atoms with Crippen molar-refractivity contribution in [1.29, 1.82) is 0 Å². The Kier molecular flexibility index (Phi) is 6.22. The Morgan fingerprint density at radius 1 is 0.958 bits per heavy atom. The lowest BCUT2D eigenvalue weighted by atomic mass is 10.1. The molecule has 3 heteroatoms. The molecule has 0 saturated carbocycles. The first-order valence-electron chi connectivity index (χ1n) is 8.39. The number of carbonyl (C=O) groups is 1. The number of benzene rings is 2. The minimum absolute atomic E-state index is 0.0910. The summed E-state index contributed by atoms with van der Waals surface area (Å²) in [4.78, 5) is 12.1. The van der Waals surface area contributed by atoms with Gasteiger partial charge in [-0.2, -0.15) is 0 Å².